The summed E-state index contributed by atoms with van der Waals surface area (Å²) in [6.07, 6.45) is 4.06. The van der Waals surface area contributed by atoms with Gasteiger partial charge in [-0.15, -0.1) is 11.3 Å². The average Bonchev–Trinajstić information content (AvgIpc) is 3.06. The molecule has 0 fully saturated rings. The summed E-state index contributed by atoms with van der Waals surface area (Å²) in [5.41, 5.74) is 4.32. The number of anilines is 1. The third-order valence-corrected chi connectivity index (χ3v) is 5.88. The number of rotatable bonds is 8. The van der Waals surface area contributed by atoms with Crippen molar-refractivity contribution >= 4 is 55.3 Å². The summed E-state index contributed by atoms with van der Waals surface area (Å²) in [5, 5.41) is 10.1. The number of aliphatic hydroxyl groups is 1. The number of ether oxygens (including phenoxy) is 2. The smallest absolute Gasteiger partial charge is 0.188 e. The van der Waals surface area contributed by atoms with Crippen molar-refractivity contribution in [3.05, 3.63) is 50.9 Å². The third kappa shape index (κ3) is 4.91. The van der Waals surface area contributed by atoms with E-state index in [2.05, 4.69) is 39.9 Å². The molecule has 1 heterocycles. The first kappa shape index (κ1) is 20.8. The number of methoxy groups -OCH3 is 1. The van der Waals surface area contributed by atoms with E-state index in [1.165, 1.54) is 0 Å². The molecule has 28 heavy (non-hydrogen) atoms. The van der Waals surface area contributed by atoms with Gasteiger partial charge in [-0.2, -0.15) is 0 Å². The van der Waals surface area contributed by atoms with Gasteiger partial charge in [0, 0.05) is 26.4 Å². The van der Waals surface area contributed by atoms with Crippen LogP contribution < -0.4 is 9.64 Å². The van der Waals surface area contributed by atoms with Crippen LogP contribution in [0.5, 0.6) is 5.75 Å². The Morgan fingerprint density at radius 1 is 1.25 bits per heavy atom. The van der Waals surface area contributed by atoms with E-state index in [9.17, 15) is 5.11 Å². The fraction of sp³-hybridized carbons (Fsp3) is 0.286. The number of aryl methyl sites for hydroxylation is 1. The van der Waals surface area contributed by atoms with Crippen molar-refractivity contribution < 1.29 is 14.6 Å². The number of aliphatic hydroxyl groups excluding tert-OH is 1. The maximum atomic E-state index is 9.19. The number of nitrogens with zero attached hydrogens (tertiary/aromatic N) is 2. The third-order valence-electron chi connectivity index (χ3n) is 4.28. The Kier molecular flexibility index (Phi) is 7.07. The molecule has 0 saturated carbocycles. The predicted octanol–water partition coefficient (Wildman–Crippen LogP) is 4.95. The van der Waals surface area contributed by atoms with Gasteiger partial charge in [-0.1, -0.05) is 12.1 Å². The fourth-order valence-corrected chi connectivity index (χ4v) is 4.26. The highest BCUT2D eigenvalue weighted by molar-refractivity contribution is 9.10. The molecule has 0 aliphatic heterocycles. The van der Waals surface area contributed by atoms with Crippen LogP contribution >= 0.6 is 27.3 Å². The highest BCUT2D eigenvalue weighted by Gasteiger charge is 2.09. The molecule has 5 nitrogen and oxygen atoms in total. The lowest BCUT2D eigenvalue weighted by atomic mass is 10.1. The summed E-state index contributed by atoms with van der Waals surface area (Å²) >= 11 is 5.18. The molecule has 0 bridgehead atoms. The van der Waals surface area contributed by atoms with E-state index in [1.54, 1.807) is 18.4 Å². The van der Waals surface area contributed by atoms with Crippen LogP contribution in [0.15, 0.2) is 34.8 Å². The first-order valence-electron chi connectivity index (χ1n) is 8.84. The quantitative estimate of drug-likeness (QED) is 0.480. The van der Waals surface area contributed by atoms with Crippen molar-refractivity contribution in [3.63, 3.8) is 0 Å². The Balaban J connectivity index is 1.81. The summed E-state index contributed by atoms with van der Waals surface area (Å²) in [7, 11) is 3.59. The molecule has 1 aromatic heterocycles. The number of fused-ring (bicyclic) bond motifs is 1. The van der Waals surface area contributed by atoms with E-state index in [0.717, 1.165) is 42.3 Å². The Labute approximate surface area is 177 Å². The SMILES string of the molecule is COCOc1ccc(/C=C/c2nc3cc(C)c(N(C)CCO)cc3s2)cc1Br. The predicted molar refractivity (Wildman–Crippen MR) is 120 cm³/mol. The molecule has 0 aliphatic carbocycles. The zero-order valence-electron chi connectivity index (χ0n) is 16.1. The Morgan fingerprint density at radius 3 is 2.79 bits per heavy atom. The molecule has 0 aliphatic rings. The number of aromatic nitrogens is 1. The molecule has 3 aromatic rings. The van der Waals surface area contributed by atoms with Gasteiger partial charge in [0.25, 0.3) is 0 Å². The zero-order chi connectivity index (χ0) is 20.1. The van der Waals surface area contributed by atoms with Crippen molar-refractivity contribution in [1.29, 1.82) is 0 Å². The first-order chi connectivity index (χ1) is 13.5. The summed E-state index contributed by atoms with van der Waals surface area (Å²) in [5.74, 6) is 0.744. The minimum absolute atomic E-state index is 0.134. The zero-order valence-corrected chi connectivity index (χ0v) is 18.5. The highest BCUT2D eigenvalue weighted by atomic mass is 79.9. The van der Waals surface area contributed by atoms with Crippen LogP contribution in [0.2, 0.25) is 0 Å². The van der Waals surface area contributed by atoms with Gasteiger partial charge in [0.1, 0.15) is 10.8 Å². The van der Waals surface area contributed by atoms with Crippen molar-refractivity contribution in [3.8, 4) is 5.75 Å². The minimum atomic E-state index is 0.134. The molecule has 0 radical (unpaired) electrons. The largest absolute Gasteiger partial charge is 0.466 e. The lowest BCUT2D eigenvalue weighted by Crippen LogP contribution is -2.21. The molecule has 0 amide bonds. The van der Waals surface area contributed by atoms with Gasteiger partial charge in [-0.3, -0.25) is 0 Å². The molecule has 7 heteroatoms. The lowest BCUT2D eigenvalue weighted by molar-refractivity contribution is 0.0506. The number of hydrogen-bond acceptors (Lipinski definition) is 6. The molecule has 0 saturated heterocycles. The fourth-order valence-electron chi connectivity index (χ4n) is 2.87. The van der Waals surface area contributed by atoms with Gasteiger partial charge in [0.2, 0.25) is 0 Å². The summed E-state index contributed by atoms with van der Waals surface area (Å²) in [6.45, 7) is 3.03. The van der Waals surface area contributed by atoms with Crippen LogP contribution in [0.1, 0.15) is 16.1 Å². The molecule has 0 unspecified atom stereocenters. The number of halogens is 1. The van der Waals surface area contributed by atoms with E-state index in [1.807, 2.05) is 37.4 Å². The van der Waals surface area contributed by atoms with Crippen molar-refractivity contribution in [2.75, 3.05) is 39.0 Å². The second-order valence-electron chi connectivity index (χ2n) is 6.38. The first-order valence-corrected chi connectivity index (χ1v) is 10.5. The van der Waals surface area contributed by atoms with Gasteiger partial charge >= 0.3 is 0 Å². The van der Waals surface area contributed by atoms with Crippen LogP contribution in [-0.4, -0.2) is 44.2 Å². The maximum absolute atomic E-state index is 9.19. The van der Waals surface area contributed by atoms with Crippen molar-refractivity contribution in [2.24, 2.45) is 0 Å². The minimum Gasteiger partial charge on any atom is -0.466 e. The van der Waals surface area contributed by atoms with Gasteiger partial charge in [0.15, 0.2) is 6.79 Å². The van der Waals surface area contributed by atoms with Crippen molar-refractivity contribution in [2.45, 2.75) is 6.92 Å². The standard InChI is InChI=1S/C21H23BrN2O3S/c1-14-10-17-20(12-18(14)24(2)8-9-25)28-21(23-17)7-5-15-4-6-19(16(22)11-15)27-13-26-3/h4-7,10-12,25H,8-9,13H2,1-3H3/b7-5+. The van der Waals surface area contributed by atoms with E-state index in [-0.39, 0.29) is 13.4 Å². The molecule has 3 rings (SSSR count). The molecule has 1 N–H and O–H groups in total. The molecule has 148 valence electrons. The van der Waals surface area contributed by atoms with Crippen molar-refractivity contribution in [1.82, 2.24) is 4.98 Å². The van der Waals surface area contributed by atoms with Crippen LogP contribution in [0.4, 0.5) is 5.69 Å². The monoisotopic (exact) mass is 462 g/mol. The van der Waals surface area contributed by atoms with E-state index in [4.69, 9.17) is 14.5 Å². The second kappa shape index (κ2) is 9.52. The molecular formula is C21H23BrN2O3S. The van der Waals surface area contributed by atoms with Crippen LogP contribution in [0.25, 0.3) is 22.4 Å². The highest BCUT2D eigenvalue weighted by Crippen LogP contribution is 2.31. The molecule has 0 spiro atoms. The van der Waals surface area contributed by atoms with E-state index in [0.29, 0.717) is 6.54 Å². The van der Waals surface area contributed by atoms with Crippen LogP contribution in [-0.2, 0) is 4.74 Å². The summed E-state index contributed by atoms with van der Waals surface area (Å²) < 4.78 is 12.4. The molecular weight excluding hydrogens is 440 g/mol. The topological polar surface area (TPSA) is 54.8 Å². The Bertz CT molecular complexity index is 987. The lowest BCUT2D eigenvalue weighted by Gasteiger charge is -2.20. The van der Waals surface area contributed by atoms with Crippen LogP contribution in [0.3, 0.4) is 0 Å². The summed E-state index contributed by atoms with van der Waals surface area (Å²) in [6, 6.07) is 10.2. The molecule has 2 aromatic carbocycles. The molecule has 0 atom stereocenters. The summed E-state index contributed by atoms with van der Waals surface area (Å²) in [4.78, 5) is 6.79. The van der Waals surface area contributed by atoms with Gasteiger partial charge in [-0.05, 0) is 64.3 Å². The second-order valence-corrected chi connectivity index (χ2v) is 8.29. The van der Waals surface area contributed by atoms with E-state index < -0.39 is 0 Å². The maximum Gasteiger partial charge on any atom is 0.188 e. The number of thiazole rings is 1. The van der Waals surface area contributed by atoms with Gasteiger partial charge in [-0.25, -0.2) is 4.98 Å². The Morgan fingerprint density at radius 2 is 2.07 bits per heavy atom. The normalized spacial score (nSPS) is 11.5. The van der Waals surface area contributed by atoms with E-state index >= 15 is 0 Å². The average molecular weight is 463 g/mol. The van der Waals surface area contributed by atoms with Gasteiger partial charge in [0.05, 0.1) is 21.3 Å². The number of hydrogen-bond donors (Lipinski definition) is 1. The van der Waals surface area contributed by atoms with Crippen LogP contribution in [0, 0.1) is 6.92 Å². The Hall–Kier alpha value is -1.93. The number of benzene rings is 2. The van der Waals surface area contributed by atoms with Gasteiger partial charge < -0.3 is 19.5 Å². The number of likely N-dealkylation sites (N-methyl/N-ethyl adjacent to an activating group) is 1.